The maximum Gasteiger partial charge on any atom is 0.0697 e. The lowest BCUT2D eigenvalue weighted by Crippen LogP contribution is -2.27. The van der Waals surface area contributed by atoms with Crippen molar-refractivity contribution < 1.29 is 0 Å². The van der Waals surface area contributed by atoms with E-state index in [1.54, 1.807) is 0 Å². The van der Waals surface area contributed by atoms with Gasteiger partial charge in [0.1, 0.15) is 0 Å². The Morgan fingerprint density at radius 1 is 1.10 bits per heavy atom. The first-order valence-corrected chi connectivity index (χ1v) is 7.44. The Morgan fingerprint density at radius 3 is 2.40 bits per heavy atom. The van der Waals surface area contributed by atoms with Gasteiger partial charge >= 0.3 is 0 Å². The number of pyridine rings is 1. The molecule has 0 fully saturated rings. The lowest BCUT2D eigenvalue weighted by atomic mass is 9.69. The van der Waals surface area contributed by atoms with Crippen LogP contribution in [0.1, 0.15) is 44.1 Å². The number of fused-ring (bicyclic) bond motifs is 3. The van der Waals surface area contributed by atoms with Crippen LogP contribution in [0.4, 0.5) is 0 Å². The number of aryl methyl sites for hydroxylation is 1. The van der Waals surface area contributed by atoms with Gasteiger partial charge in [0, 0.05) is 11.1 Å². The minimum absolute atomic E-state index is 0.312. The van der Waals surface area contributed by atoms with Crippen LogP contribution in [0.5, 0.6) is 0 Å². The van der Waals surface area contributed by atoms with Crippen LogP contribution < -0.4 is 0 Å². The topological polar surface area (TPSA) is 12.9 Å². The summed E-state index contributed by atoms with van der Waals surface area (Å²) in [6.07, 6.45) is 2.19. The molecule has 1 unspecified atom stereocenters. The number of hydrogen-bond acceptors (Lipinski definition) is 1. The second-order valence-corrected chi connectivity index (χ2v) is 7.14. The molecule has 0 radical (unpaired) electrons. The summed E-state index contributed by atoms with van der Waals surface area (Å²) >= 11 is 0. The molecule has 1 heterocycles. The van der Waals surface area contributed by atoms with Crippen LogP contribution in [0.2, 0.25) is 0 Å². The fourth-order valence-corrected chi connectivity index (χ4v) is 3.31. The third-order valence-corrected chi connectivity index (χ3v) is 4.71. The predicted octanol–water partition coefficient (Wildman–Crippen LogP) is 5.16. The van der Waals surface area contributed by atoms with Gasteiger partial charge in [-0.3, -0.25) is 4.98 Å². The van der Waals surface area contributed by atoms with Gasteiger partial charge in [-0.1, -0.05) is 51.6 Å². The Hall–Kier alpha value is -1.63. The normalized spacial score (nSPS) is 19.2. The van der Waals surface area contributed by atoms with Gasteiger partial charge in [0.2, 0.25) is 0 Å². The number of nitrogens with zero attached hydrogens (tertiary/aromatic N) is 1. The molecular formula is C19H23N. The zero-order valence-electron chi connectivity index (χ0n) is 13.0. The van der Waals surface area contributed by atoms with Crippen LogP contribution in [-0.2, 0) is 6.42 Å². The van der Waals surface area contributed by atoms with E-state index in [0.717, 1.165) is 24.2 Å². The summed E-state index contributed by atoms with van der Waals surface area (Å²) in [6, 6.07) is 8.65. The average molecular weight is 265 g/mol. The van der Waals surface area contributed by atoms with E-state index in [1.165, 1.54) is 21.9 Å². The van der Waals surface area contributed by atoms with Crippen molar-refractivity contribution in [2.75, 3.05) is 0 Å². The third-order valence-electron chi connectivity index (χ3n) is 4.71. The van der Waals surface area contributed by atoms with Crippen LogP contribution in [-0.4, -0.2) is 4.98 Å². The van der Waals surface area contributed by atoms with Crippen molar-refractivity contribution in [1.29, 1.82) is 0 Å². The zero-order valence-corrected chi connectivity index (χ0v) is 13.0. The molecule has 0 bridgehead atoms. The molecule has 0 N–H and O–H groups in total. The standard InChI is InChI=1S/C19H23N/c1-12-10-14(19(3,4)5)11-17-16-9-7-6-8-15(16)13(2)20-18(12)17/h6-9,14H,1,10-11H2,2-5H3. The summed E-state index contributed by atoms with van der Waals surface area (Å²) in [7, 11) is 0. The molecule has 3 rings (SSSR count). The molecule has 0 spiro atoms. The number of allylic oxidation sites excluding steroid dienone is 1. The number of aromatic nitrogens is 1. The molecule has 1 aromatic carbocycles. The van der Waals surface area contributed by atoms with Crippen LogP contribution in [0.3, 0.4) is 0 Å². The first-order valence-electron chi connectivity index (χ1n) is 7.44. The molecule has 0 amide bonds. The monoisotopic (exact) mass is 265 g/mol. The molecule has 0 saturated heterocycles. The van der Waals surface area contributed by atoms with Crippen molar-refractivity contribution in [2.45, 2.75) is 40.5 Å². The molecule has 1 nitrogen and oxygen atoms in total. The van der Waals surface area contributed by atoms with Crippen molar-refractivity contribution in [2.24, 2.45) is 11.3 Å². The van der Waals surface area contributed by atoms with E-state index in [4.69, 9.17) is 4.98 Å². The molecule has 1 atom stereocenters. The van der Waals surface area contributed by atoms with Gasteiger partial charge in [-0.05, 0) is 47.6 Å². The van der Waals surface area contributed by atoms with E-state index in [2.05, 4.69) is 58.5 Å². The van der Waals surface area contributed by atoms with E-state index in [1.807, 2.05) is 0 Å². The molecule has 1 aliphatic rings. The van der Waals surface area contributed by atoms with Crippen molar-refractivity contribution in [1.82, 2.24) is 4.98 Å². The largest absolute Gasteiger partial charge is 0.253 e. The first kappa shape index (κ1) is 13.4. The van der Waals surface area contributed by atoms with Crippen LogP contribution in [0.15, 0.2) is 30.8 Å². The van der Waals surface area contributed by atoms with E-state index >= 15 is 0 Å². The van der Waals surface area contributed by atoms with Gasteiger partial charge in [0.15, 0.2) is 0 Å². The Morgan fingerprint density at radius 2 is 1.75 bits per heavy atom. The van der Waals surface area contributed by atoms with Crippen molar-refractivity contribution in [3.05, 3.63) is 47.8 Å². The minimum Gasteiger partial charge on any atom is -0.253 e. The Kier molecular flexibility index (Phi) is 2.97. The highest BCUT2D eigenvalue weighted by molar-refractivity contribution is 5.91. The van der Waals surface area contributed by atoms with Gasteiger partial charge in [0.05, 0.1) is 5.69 Å². The average Bonchev–Trinajstić information content (AvgIpc) is 2.39. The smallest absolute Gasteiger partial charge is 0.0697 e. The summed E-state index contributed by atoms with van der Waals surface area (Å²) in [5.41, 5.74) is 5.20. The highest BCUT2D eigenvalue weighted by Gasteiger charge is 2.32. The lowest BCUT2D eigenvalue weighted by molar-refractivity contribution is 0.239. The van der Waals surface area contributed by atoms with Gasteiger partial charge in [0.25, 0.3) is 0 Å². The third kappa shape index (κ3) is 2.06. The summed E-state index contributed by atoms with van der Waals surface area (Å²) in [5, 5.41) is 2.65. The Balaban J connectivity index is 2.24. The van der Waals surface area contributed by atoms with Crippen molar-refractivity contribution in [3.8, 4) is 0 Å². The van der Waals surface area contributed by atoms with E-state index in [0.29, 0.717) is 11.3 Å². The van der Waals surface area contributed by atoms with Crippen LogP contribution in [0, 0.1) is 18.3 Å². The SMILES string of the molecule is C=C1CC(C(C)(C)C)Cc2c1nc(C)c1ccccc21. The fraction of sp³-hybridized carbons (Fsp3) is 0.421. The molecule has 0 aliphatic heterocycles. The lowest BCUT2D eigenvalue weighted by Gasteiger charge is -2.36. The highest BCUT2D eigenvalue weighted by atomic mass is 14.7. The van der Waals surface area contributed by atoms with Crippen LogP contribution in [0.25, 0.3) is 16.3 Å². The van der Waals surface area contributed by atoms with E-state index in [-0.39, 0.29) is 0 Å². The molecule has 1 aliphatic carbocycles. The number of benzene rings is 1. The molecule has 1 heteroatoms. The van der Waals surface area contributed by atoms with E-state index in [9.17, 15) is 0 Å². The Labute approximate surface area is 121 Å². The predicted molar refractivity (Wildman–Crippen MR) is 86.8 cm³/mol. The molecule has 0 saturated carbocycles. The fourth-order valence-electron chi connectivity index (χ4n) is 3.31. The van der Waals surface area contributed by atoms with Crippen molar-refractivity contribution in [3.63, 3.8) is 0 Å². The molecular weight excluding hydrogens is 242 g/mol. The Bertz CT molecular complexity index is 689. The molecule has 104 valence electrons. The minimum atomic E-state index is 0.312. The summed E-state index contributed by atoms with van der Waals surface area (Å²) in [6.45, 7) is 13.4. The number of hydrogen-bond donors (Lipinski definition) is 0. The second-order valence-electron chi connectivity index (χ2n) is 7.14. The molecule has 20 heavy (non-hydrogen) atoms. The molecule has 2 aromatic rings. The van der Waals surface area contributed by atoms with Crippen molar-refractivity contribution >= 4 is 16.3 Å². The van der Waals surface area contributed by atoms with Crippen LogP contribution >= 0.6 is 0 Å². The number of rotatable bonds is 0. The second kappa shape index (κ2) is 4.44. The molecule has 1 aromatic heterocycles. The first-order chi connectivity index (χ1) is 9.38. The summed E-state index contributed by atoms with van der Waals surface area (Å²) < 4.78 is 0. The van der Waals surface area contributed by atoms with Gasteiger partial charge in [-0.2, -0.15) is 0 Å². The van der Waals surface area contributed by atoms with Gasteiger partial charge in [-0.15, -0.1) is 0 Å². The van der Waals surface area contributed by atoms with E-state index < -0.39 is 0 Å². The van der Waals surface area contributed by atoms with Gasteiger partial charge < -0.3 is 0 Å². The maximum absolute atomic E-state index is 4.84. The summed E-state index contributed by atoms with van der Waals surface area (Å²) in [5.74, 6) is 0.649. The highest BCUT2D eigenvalue weighted by Crippen LogP contribution is 2.43. The quantitative estimate of drug-likeness (QED) is 0.640. The zero-order chi connectivity index (χ0) is 14.5. The summed E-state index contributed by atoms with van der Waals surface area (Å²) in [4.78, 5) is 4.84. The van der Waals surface area contributed by atoms with Gasteiger partial charge in [-0.25, -0.2) is 0 Å². The maximum atomic E-state index is 4.84.